The van der Waals surface area contributed by atoms with Crippen molar-refractivity contribution in [2.24, 2.45) is 0 Å². The van der Waals surface area contributed by atoms with Crippen molar-refractivity contribution in [3.63, 3.8) is 0 Å². The Morgan fingerprint density at radius 3 is 2.36 bits per heavy atom. The molecule has 1 heterocycles. The summed E-state index contributed by atoms with van der Waals surface area (Å²) in [6.07, 6.45) is 5.99. The molecule has 0 aromatic carbocycles. The average Bonchev–Trinajstić information content (AvgIpc) is 2.72. The fourth-order valence-electron chi connectivity index (χ4n) is 2.70. The number of rotatable bonds is 8. The van der Waals surface area contributed by atoms with Crippen molar-refractivity contribution in [2.45, 2.75) is 103 Å². The van der Waals surface area contributed by atoms with E-state index in [4.69, 9.17) is 13.9 Å². The van der Waals surface area contributed by atoms with Gasteiger partial charge in [0.15, 0.2) is 14.1 Å². The number of hydrogen-bond donors (Lipinski definition) is 1. The van der Waals surface area contributed by atoms with Crippen molar-refractivity contribution < 1.29 is 19.0 Å². The van der Waals surface area contributed by atoms with Gasteiger partial charge in [-0.25, -0.2) is 0 Å². The third-order valence-corrected chi connectivity index (χ3v) is 9.65. The summed E-state index contributed by atoms with van der Waals surface area (Å²) in [6, 6.07) is 0. The maximum atomic E-state index is 10.3. The Balaban J connectivity index is 2.65. The zero-order chi connectivity index (χ0) is 19.5. The smallest absolute Gasteiger partial charge is 0.192 e. The molecule has 4 nitrogen and oxygen atoms in total. The van der Waals surface area contributed by atoms with E-state index in [2.05, 4.69) is 53.4 Å². The van der Waals surface area contributed by atoms with E-state index in [-0.39, 0.29) is 23.4 Å². The maximum Gasteiger partial charge on any atom is 0.192 e. The molecule has 146 valence electrons. The molecule has 1 N–H and O–H groups in total. The molecule has 4 atom stereocenters. The topological polar surface area (TPSA) is 47.9 Å². The monoisotopic (exact) mass is 370 g/mol. The van der Waals surface area contributed by atoms with Crippen LogP contribution in [0.3, 0.4) is 0 Å². The van der Waals surface area contributed by atoms with Crippen molar-refractivity contribution in [3.8, 4) is 0 Å². The summed E-state index contributed by atoms with van der Waals surface area (Å²) >= 11 is 0. The second kappa shape index (κ2) is 8.48. The summed E-state index contributed by atoms with van der Waals surface area (Å²) < 4.78 is 18.2. The van der Waals surface area contributed by atoms with E-state index in [1.807, 2.05) is 19.9 Å². The van der Waals surface area contributed by atoms with Gasteiger partial charge in [0.2, 0.25) is 0 Å². The lowest BCUT2D eigenvalue weighted by Crippen LogP contribution is -2.43. The molecular weight excluding hydrogens is 332 g/mol. The second-order valence-electron chi connectivity index (χ2n) is 9.01. The molecule has 0 amide bonds. The molecule has 1 saturated heterocycles. The SMILES string of the molecule is C=CC[C@@H](O)[C@@H]1OC(C)(C)O[C@H]1/C=C\C[C@H](C)O[Si](C)(C)C(C)(C)C. The summed E-state index contributed by atoms with van der Waals surface area (Å²) in [6.45, 7) is 20.8. The molecule has 5 heteroatoms. The third-order valence-electron chi connectivity index (χ3n) is 5.05. The molecule has 0 aliphatic carbocycles. The van der Waals surface area contributed by atoms with Gasteiger partial charge in [0.05, 0.1) is 6.10 Å². The van der Waals surface area contributed by atoms with Crippen LogP contribution >= 0.6 is 0 Å². The maximum absolute atomic E-state index is 10.3. The molecule has 0 spiro atoms. The second-order valence-corrected chi connectivity index (χ2v) is 13.8. The van der Waals surface area contributed by atoms with E-state index in [1.165, 1.54) is 0 Å². The molecule has 0 bridgehead atoms. The summed E-state index contributed by atoms with van der Waals surface area (Å²) in [5, 5.41) is 10.5. The minimum absolute atomic E-state index is 0.157. The number of hydrogen-bond acceptors (Lipinski definition) is 4. The summed E-state index contributed by atoms with van der Waals surface area (Å²) in [5.41, 5.74) is 0. The lowest BCUT2D eigenvalue weighted by molar-refractivity contribution is -0.153. The molecule has 1 rings (SSSR count). The molecule has 1 aliphatic heterocycles. The van der Waals surface area contributed by atoms with E-state index in [0.29, 0.717) is 6.42 Å². The Morgan fingerprint density at radius 1 is 1.24 bits per heavy atom. The standard InChI is InChI=1S/C20H38O4Si/c1-10-12-16(21)18-17(22-20(6,7)23-18)14-11-13-15(2)24-25(8,9)19(3,4)5/h10-11,14-18,21H,1,12-13H2,2-9H3/b14-11-/t15-,16+,17-,18-/m0/s1. The van der Waals surface area contributed by atoms with Crippen LogP contribution in [0.4, 0.5) is 0 Å². The van der Waals surface area contributed by atoms with Gasteiger partial charge in [-0.05, 0) is 51.7 Å². The molecule has 1 fully saturated rings. The Labute approximate surface area is 155 Å². The summed E-state index contributed by atoms with van der Waals surface area (Å²) in [5.74, 6) is -0.689. The minimum Gasteiger partial charge on any atom is -0.414 e. The largest absolute Gasteiger partial charge is 0.414 e. The number of ether oxygens (including phenoxy) is 2. The van der Waals surface area contributed by atoms with Gasteiger partial charge in [0, 0.05) is 6.10 Å². The number of aliphatic hydroxyl groups excluding tert-OH is 1. The van der Waals surface area contributed by atoms with E-state index < -0.39 is 20.2 Å². The van der Waals surface area contributed by atoms with Crippen LogP contribution in [0, 0.1) is 0 Å². The Hall–Kier alpha value is -0.463. The van der Waals surface area contributed by atoms with Gasteiger partial charge in [0.25, 0.3) is 0 Å². The first kappa shape index (κ1) is 22.6. The van der Waals surface area contributed by atoms with Crippen molar-refractivity contribution in [1.82, 2.24) is 0 Å². The van der Waals surface area contributed by atoms with Crippen LogP contribution in [0.15, 0.2) is 24.8 Å². The quantitative estimate of drug-likeness (QED) is 0.492. The van der Waals surface area contributed by atoms with Crippen LogP contribution in [0.25, 0.3) is 0 Å². The normalized spacial score (nSPS) is 26.8. The highest BCUT2D eigenvalue weighted by Crippen LogP contribution is 2.37. The number of aliphatic hydroxyl groups is 1. The molecule has 0 aromatic rings. The van der Waals surface area contributed by atoms with Crippen LogP contribution in [0.2, 0.25) is 18.1 Å². The highest BCUT2D eigenvalue weighted by molar-refractivity contribution is 6.74. The van der Waals surface area contributed by atoms with Crippen molar-refractivity contribution in [2.75, 3.05) is 0 Å². The minimum atomic E-state index is -1.76. The first-order valence-corrected chi connectivity index (χ1v) is 12.2. The fraction of sp³-hybridized carbons (Fsp3) is 0.800. The van der Waals surface area contributed by atoms with Crippen molar-refractivity contribution in [1.29, 1.82) is 0 Å². The lowest BCUT2D eigenvalue weighted by atomic mass is 10.0. The highest BCUT2D eigenvalue weighted by Gasteiger charge is 2.43. The Bertz CT molecular complexity index is 465. The molecule has 0 radical (unpaired) electrons. The van der Waals surface area contributed by atoms with E-state index >= 15 is 0 Å². The average molecular weight is 371 g/mol. The van der Waals surface area contributed by atoms with Gasteiger partial charge in [0.1, 0.15) is 12.2 Å². The first-order valence-electron chi connectivity index (χ1n) is 9.28. The highest BCUT2D eigenvalue weighted by atomic mass is 28.4. The molecule has 1 aliphatic rings. The Morgan fingerprint density at radius 2 is 1.84 bits per heavy atom. The molecular formula is C20H38O4Si. The van der Waals surface area contributed by atoms with Crippen LogP contribution in [-0.4, -0.2) is 43.6 Å². The van der Waals surface area contributed by atoms with Gasteiger partial charge in [-0.15, -0.1) is 6.58 Å². The van der Waals surface area contributed by atoms with E-state index in [0.717, 1.165) is 6.42 Å². The third kappa shape index (κ3) is 6.64. The van der Waals surface area contributed by atoms with Crippen LogP contribution in [0.5, 0.6) is 0 Å². The molecule has 0 aromatic heterocycles. The van der Waals surface area contributed by atoms with Crippen molar-refractivity contribution in [3.05, 3.63) is 24.8 Å². The van der Waals surface area contributed by atoms with Gasteiger partial charge < -0.3 is 19.0 Å². The molecule has 25 heavy (non-hydrogen) atoms. The fourth-order valence-corrected chi connectivity index (χ4v) is 4.16. The van der Waals surface area contributed by atoms with Gasteiger partial charge in [-0.2, -0.15) is 0 Å². The van der Waals surface area contributed by atoms with Gasteiger partial charge >= 0.3 is 0 Å². The zero-order valence-electron chi connectivity index (χ0n) is 17.3. The van der Waals surface area contributed by atoms with Gasteiger partial charge in [-0.3, -0.25) is 0 Å². The molecule has 0 unspecified atom stereocenters. The predicted molar refractivity (Wildman–Crippen MR) is 106 cm³/mol. The van der Waals surface area contributed by atoms with Gasteiger partial charge in [-0.1, -0.05) is 39.0 Å². The molecule has 0 saturated carbocycles. The zero-order valence-corrected chi connectivity index (χ0v) is 18.3. The predicted octanol–water partition coefficient (Wildman–Crippen LogP) is 4.80. The lowest BCUT2D eigenvalue weighted by Gasteiger charge is -2.38. The first-order chi connectivity index (χ1) is 11.3. The summed E-state index contributed by atoms with van der Waals surface area (Å²) in [7, 11) is -1.76. The van der Waals surface area contributed by atoms with E-state index in [9.17, 15) is 5.11 Å². The van der Waals surface area contributed by atoms with Crippen LogP contribution < -0.4 is 0 Å². The Kier molecular flexibility index (Phi) is 7.66. The van der Waals surface area contributed by atoms with E-state index in [1.54, 1.807) is 6.08 Å². The van der Waals surface area contributed by atoms with Crippen LogP contribution in [0.1, 0.15) is 54.4 Å². The van der Waals surface area contributed by atoms with Crippen LogP contribution in [-0.2, 0) is 13.9 Å². The summed E-state index contributed by atoms with van der Waals surface area (Å²) in [4.78, 5) is 0. The van der Waals surface area contributed by atoms with Crippen molar-refractivity contribution >= 4 is 8.32 Å².